The Balaban J connectivity index is 1.53. The molecule has 1 aromatic carbocycles. The lowest BCUT2D eigenvalue weighted by atomic mass is 9.85. The summed E-state index contributed by atoms with van der Waals surface area (Å²) >= 11 is 1.44. The number of benzene rings is 1. The van der Waals surface area contributed by atoms with E-state index in [1.54, 1.807) is 71.9 Å². The number of fused-ring (bicyclic) bond motifs is 1. The van der Waals surface area contributed by atoms with E-state index in [0.29, 0.717) is 40.2 Å². The summed E-state index contributed by atoms with van der Waals surface area (Å²) in [4.78, 5) is 69.1. The number of esters is 1. The minimum Gasteiger partial charge on any atom is -0.488 e. The van der Waals surface area contributed by atoms with Crippen LogP contribution in [-0.4, -0.2) is 94.5 Å². The minimum atomic E-state index is -1.31. The molecule has 15 nitrogen and oxygen atoms in total. The third-order valence-corrected chi connectivity index (χ3v) is 10.1. The highest BCUT2D eigenvalue weighted by Crippen LogP contribution is 2.46. The van der Waals surface area contributed by atoms with Gasteiger partial charge in [-0.25, -0.2) is 26.1 Å². The van der Waals surface area contributed by atoms with E-state index in [2.05, 4.69) is 27.4 Å². The molecular weight excluding hydrogens is 739 g/mol. The van der Waals surface area contributed by atoms with Gasteiger partial charge in [0.2, 0.25) is 11.8 Å². The van der Waals surface area contributed by atoms with Crippen molar-refractivity contribution in [2.24, 2.45) is 11.3 Å². The number of ether oxygens (including phenoxy) is 4. The Morgan fingerprint density at radius 2 is 1.86 bits per heavy atom. The molecule has 2 aromatic heterocycles. The van der Waals surface area contributed by atoms with E-state index >= 15 is 0 Å². The van der Waals surface area contributed by atoms with Gasteiger partial charge in [0.15, 0.2) is 5.13 Å². The zero-order valence-corrected chi connectivity index (χ0v) is 34.2. The van der Waals surface area contributed by atoms with Crippen LogP contribution >= 0.6 is 11.3 Å². The Morgan fingerprint density at radius 1 is 1.12 bits per heavy atom. The predicted octanol–water partition coefficient (Wildman–Crippen LogP) is 5.96. The molecule has 0 radical (unpaired) electrons. The largest absolute Gasteiger partial charge is 0.488 e. The Bertz CT molecular complexity index is 2030. The third kappa shape index (κ3) is 9.50. The average molecular weight is 790 g/mol. The smallest absolute Gasteiger partial charge is 0.408 e. The molecule has 5 rings (SSSR count). The van der Waals surface area contributed by atoms with E-state index in [1.807, 2.05) is 19.2 Å². The van der Waals surface area contributed by atoms with Crippen LogP contribution in [0.5, 0.6) is 11.5 Å². The van der Waals surface area contributed by atoms with Crippen molar-refractivity contribution in [3.63, 3.8) is 0 Å². The monoisotopic (exact) mass is 789 g/mol. The first kappa shape index (κ1) is 41.7. The van der Waals surface area contributed by atoms with Gasteiger partial charge >= 0.3 is 18.8 Å². The zero-order chi connectivity index (χ0) is 41.2. The normalized spacial score (nSPS) is 21.1. The van der Waals surface area contributed by atoms with Crippen molar-refractivity contribution in [2.45, 2.75) is 104 Å². The quantitative estimate of drug-likeness (QED) is 0.106. The number of nitrogens with one attached hydrogen (secondary N) is 3. The van der Waals surface area contributed by atoms with Crippen molar-refractivity contribution in [1.29, 1.82) is 0 Å². The lowest BCUT2D eigenvalue weighted by Gasteiger charge is -2.36. The highest BCUT2D eigenvalue weighted by molar-refractivity contribution is 7.14. The van der Waals surface area contributed by atoms with Crippen LogP contribution < -0.4 is 25.4 Å². The van der Waals surface area contributed by atoms with E-state index < -0.39 is 58.6 Å². The SMILES string of the molecule is [C-]#[N+]COc1ccc2c(O[C@@H]3C[C@@H](C(=O)N[C@]4(C(=O)OC)C[C@H]4C=C)N(C(=O)[C@@H](NC(=O)OC(C)(C)C)C(C)(C)C)C3)cc(-c3csc(NC(C)C)n3)nc2c1. The van der Waals surface area contributed by atoms with Crippen LogP contribution in [0.4, 0.5) is 9.93 Å². The number of alkyl carbamates (subject to hydrolysis) is 1. The Morgan fingerprint density at radius 3 is 2.46 bits per heavy atom. The standard InChI is InChI=1S/C40H51N7O8S/c1-12-23-18-40(23,35(50)52-11)46-33(48)30-16-25(19-47(30)34(49)32(38(4,5)6)45-37(51)55-39(7,8)9)54-31-17-28(29-20-56-36(44-29)42-22(2)3)43-27-15-24(53-21-41-10)13-14-26(27)31/h12-15,17,20,22-23,25,30,32H,1,16,18-19,21H2,2-9,11H3,(H,42,44)(H,45,51)(H,46,48)/t23-,25-,30+,32-,40-/m1/s1. The lowest BCUT2D eigenvalue weighted by Crippen LogP contribution is -2.59. The van der Waals surface area contributed by atoms with Gasteiger partial charge in [0.05, 0.1) is 24.9 Å². The molecule has 1 aliphatic carbocycles. The Labute approximate surface area is 331 Å². The highest BCUT2D eigenvalue weighted by Gasteiger charge is 2.62. The Kier molecular flexibility index (Phi) is 12.2. The first-order valence-electron chi connectivity index (χ1n) is 18.4. The number of hydrogen-bond donors (Lipinski definition) is 3. The van der Waals surface area contributed by atoms with Gasteiger partial charge in [-0.3, -0.25) is 14.4 Å². The van der Waals surface area contributed by atoms with E-state index in [1.165, 1.54) is 23.3 Å². The maximum absolute atomic E-state index is 14.6. The summed E-state index contributed by atoms with van der Waals surface area (Å²) in [6.45, 7) is 25.4. The first-order valence-corrected chi connectivity index (χ1v) is 19.3. The van der Waals surface area contributed by atoms with Gasteiger partial charge in [0.1, 0.15) is 46.5 Å². The van der Waals surface area contributed by atoms with Gasteiger partial charge in [-0.05, 0) is 58.6 Å². The average Bonchev–Trinajstić information content (AvgIpc) is 3.39. The number of amides is 3. The molecule has 0 spiro atoms. The van der Waals surface area contributed by atoms with E-state index in [4.69, 9.17) is 35.5 Å². The summed E-state index contributed by atoms with van der Waals surface area (Å²) in [6.07, 6.45) is 0.459. The van der Waals surface area contributed by atoms with Crippen LogP contribution in [0.1, 0.15) is 68.2 Å². The van der Waals surface area contributed by atoms with E-state index in [9.17, 15) is 19.2 Å². The summed E-state index contributed by atoms with van der Waals surface area (Å²) in [5.74, 6) is -1.18. The number of likely N-dealkylation sites (tertiary alicyclic amines) is 1. The minimum absolute atomic E-state index is 0.0277. The van der Waals surface area contributed by atoms with Crippen LogP contribution in [0, 0.1) is 17.9 Å². The number of methoxy groups -OCH3 is 1. The van der Waals surface area contributed by atoms with Crippen molar-refractivity contribution in [1.82, 2.24) is 25.5 Å². The van der Waals surface area contributed by atoms with E-state index in [0.717, 1.165) is 5.13 Å². The second kappa shape index (κ2) is 16.4. The number of rotatable bonds is 13. The topological polar surface area (TPSA) is 175 Å². The van der Waals surface area contributed by atoms with Gasteiger partial charge in [-0.2, -0.15) is 0 Å². The molecule has 300 valence electrons. The molecule has 3 heterocycles. The van der Waals surface area contributed by atoms with Crippen molar-refractivity contribution in [2.75, 3.05) is 25.7 Å². The molecule has 2 fully saturated rings. The fourth-order valence-electron chi connectivity index (χ4n) is 6.59. The molecule has 0 bridgehead atoms. The molecule has 56 heavy (non-hydrogen) atoms. The molecule has 2 aliphatic rings. The lowest BCUT2D eigenvalue weighted by molar-refractivity contribution is -0.148. The molecule has 16 heteroatoms. The van der Waals surface area contributed by atoms with Gasteiger partial charge in [0.25, 0.3) is 0 Å². The van der Waals surface area contributed by atoms with Crippen molar-refractivity contribution >= 4 is 51.2 Å². The number of carbonyl (C=O) groups is 4. The Hall–Kier alpha value is -5.43. The van der Waals surface area contributed by atoms with Crippen molar-refractivity contribution in [3.05, 3.63) is 53.7 Å². The third-order valence-electron chi connectivity index (χ3n) is 9.33. The molecular formula is C40H51N7O8S. The second-order valence-electron chi connectivity index (χ2n) is 16.4. The maximum atomic E-state index is 14.6. The summed E-state index contributed by atoms with van der Waals surface area (Å²) in [6, 6.07) is 4.95. The van der Waals surface area contributed by atoms with Crippen molar-refractivity contribution in [3.8, 4) is 22.9 Å². The van der Waals surface area contributed by atoms with Crippen molar-refractivity contribution < 1.29 is 38.1 Å². The number of hydrogen-bond acceptors (Lipinski definition) is 12. The van der Waals surface area contributed by atoms with Crippen LogP contribution in [0.25, 0.3) is 27.1 Å². The first-order chi connectivity index (χ1) is 26.3. The number of anilines is 1. The van der Waals surface area contributed by atoms with Gasteiger partial charge in [-0.1, -0.05) is 26.8 Å². The number of nitrogens with zero attached hydrogens (tertiary/aromatic N) is 4. The van der Waals surface area contributed by atoms with Crippen LogP contribution in [0.3, 0.4) is 0 Å². The van der Waals surface area contributed by atoms with Gasteiger partial charge < -0.3 is 39.8 Å². The number of aromatic nitrogens is 2. The molecule has 1 saturated heterocycles. The highest BCUT2D eigenvalue weighted by atomic mass is 32.1. The molecule has 3 amide bonds. The molecule has 3 N–H and O–H groups in total. The summed E-state index contributed by atoms with van der Waals surface area (Å²) in [5, 5.41) is 12.2. The van der Waals surface area contributed by atoms with Gasteiger partial charge in [-0.15, -0.1) is 17.9 Å². The molecule has 0 unspecified atom stereocenters. The van der Waals surface area contributed by atoms with Gasteiger partial charge in [0, 0.05) is 41.3 Å². The van der Waals surface area contributed by atoms with E-state index in [-0.39, 0.29) is 31.7 Å². The van der Waals surface area contributed by atoms with Crippen LogP contribution in [-0.2, 0) is 23.9 Å². The number of carbonyl (C=O) groups excluding carboxylic acids is 4. The second-order valence-corrected chi connectivity index (χ2v) is 17.2. The molecule has 5 atom stereocenters. The molecule has 1 saturated carbocycles. The molecule has 3 aromatic rings. The fourth-order valence-corrected chi connectivity index (χ4v) is 7.44. The predicted molar refractivity (Wildman–Crippen MR) is 212 cm³/mol. The molecule has 1 aliphatic heterocycles. The summed E-state index contributed by atoms with van der Waals surface area (Å²) in [7, 11) is 1.25. The number of pyridine rings is 1. The summed E-state index contributed by atoms with van der Waals surface area (Å²) < 4.78 is 22.8. The van der Waals surface area contributed by atoms with Crippen LogP contribution in [0.15, 0.2) is 42.3 Å². The zero-order valence-electron chi connectivity index (χ0n) is 33.3. The number of thiazole rings is 1. The summed E-state index contributed by atoms with van der Waals surface area (Å²) in [5.41, 5.74) is -1.29. The maximum Gasteiger partial charge on any atom is 0.408 e. The van der Waals surface area contributed by atoms with Crippen LogP contribution in [0.2, 0.25) is 0 Å². The fraction of sp³-hybridized carbons (Fsp3) is 0.525.